The van der Waals surface area contributed by atoms with E-state index in [9.17, 15) is 17.6 Å². The number of nitrogens with zero attached hydrogens (tertiary/aromatic N) is 1. The van der Waals surface area contributed by atoms with Gasteiger partial charge in [0.25, 0.3) is 0 Å². The van der Waals surface area contributed by atoms with Crippen LogP contribution in [0.5, 0.6) is 0 Å². The standard InChI is InChI=1S/C15H22FN3O3S/c1-11-9-14(12-5-3-4-6-13(12)16)19(10-11)15(20)18-7-8-23(21,22)17-2/h3-6,11,14,17H,7-10H2,1-2H3,(H,18,20)/t11-,14-/m0/s1. The lowest BCUT2D eigenvalue weighted by Crippen LogP contribution is -2.42. The number of nitrogens with one attached hydrogen (secondary N) is 2. The highest BCUT2D eigenvalue weighted by Crippen LogP contribution is 2.36. The number of carbonyl (C=O) groups excluding carboxylic acids is 1. The summed E-state index contributed by atoms with van der Waals surface area (Å²) in [5.41, 5.74) is 0.495. The van der Waals surface area contributed by atoms with Crippen LogP contribution in [0.15, 0.2) is 24.3 Å². The van der Waals surface area contributed by atoms with Crippen molar-refractivity contribution in [3.05, 3.63) is 35.6 Å². The lowest BCUT2D eigenvalue weighted by molar-refractivity contribution is 0.192. The molecule has 1 aromatic carbocycles. The summed E-state index contributed by atoms with van der Waals surface area (Å²) in [7, 11) is -2.04. The zero-order valence-corrected chi connectivity index (χ0v) is 14.1. The Morgan fingerprint density at radius 2 is 2.09 bits per heavy atom. The summed E-state index contributed by atoms with van der Waals surface area (Å²) >= 11 is 0. The number of sulfonamides is 1. The lowest BCUT2D eigenvalue weighted by atomic mass is 10.0. The molecule has 2 atom stereocenters. The summed E-state index contributed by atoms with van der Waals surface area (Å²) in [6.45, 7) is 2.53. The molecule has 0 unspecified atom stereocenters. The summed E-state index contributed by atoms with van der Waals surface area (Å²) in [6, 6.07) is 5.74. The van der Waals surface area contributed by atoms with Gasteiger partial charge in [0, 0.05) is 18.7 Å². The molecule has 2 amide bonds. The Hall–Kier alpha value is -1.67. The Kier molecular flexibility index (Phi) is 5.59. The summed E-state index contributed by atoms with van der Waals surface area (Å²) in [4.78, 5) is 13.9. The molecule has 1 aliphatic rings. The second-order valence-corrected chi connectivity index (χ2v) is 7.83. The van der Waals surface area contributed by atoms with Crippen LogP contribution in [-0.2, 0) is 10.0 Å². The van der Waals surface area contributed by atoms with Gasteiger partial charge in [-0.15, -0.1) is 0 Å². The van der Waals surface area contributed by atoms with Gasteiger partial charge in [0.1, 0.15) is 5.82 Å². The third-order valence-corrected chi connectivity index (χ3v) is 5.36. The topological polar surface area (TPSA) is 78.5 Å². The third kappa shape index (κ3) is 4.42. The number of hydrogen-bond acceptors (Lipinski definition) is 3. The summed E-state index contributed by atoms with van der Waals surface area (Å²) in [5.74, 6) is -0.267. The molecule has 0 spiro atoms. The van der Waals surface area contributed by atoms with Crippen LogP contribution in [-0.4, -0.2) is 45.2 Å². The highest BCUT2D eigenvalue weighted by Gasteiger charge is 2.35. The first-order valence-corrected chi connectivity index (χ1v) is 9.19. The van der Waals surface area contributed by atoms with Crippen molar-refractivity contribution in [3.63, 3.8) is 0 Å². The van der Waals surface area contributed by atoms with Crippen LogP contribution in [0.25, 0.3) is 0 Å². The first-order valence-electron chi connectivity index (χ1n) is 7.54. The van der Waals surface area contributed by atoms with Crippen molar-refractivity contribution >= 4 is 16.1 Å². The molecular weight excluding hydrogens is 321 g/mol. The van der Waals surface area contributed by atoms with E-state index in [1.807, 2.05) is 6.92 Å². The van der Waals surface area contributed by atoms with Crippen LogP contribution in [0.2, 0.25) is 0 Å². The monoisotopic (exact) mass is 343 g/mol. The van der Waals surface area contributed by atoms with E-state index in [1.54, 1.807) is 23.1 Å². The number of benzene rings is 1. The molecule has 0 aromatic heterocycles. The number of halogens is 1. The fourth-order valence-electron chi connectivity index (χ4n) is 2.81. The zero-order chi connectivity index (χ0) is 17.0. The molecule has 0 aliphatic carbocycles. The van der Waals surface area contributed by atoms with Gasteiger partial charge in [-0.1, -0.05) is 25.1 Å². The maximum absolute atomic E-state index is 14.0. The molecule has 2 N–H and O–H groups in total. The Bertz CT molecular complexity index is 666. The van der Waals surface area contributed by atoms with Crippen LogP contribution >= 0.6 is 0 Å². The number of amides is 2. The van der Waals surface area contributed by atoms with E-state index in [-0.39, 0.29) is 36.1 Å². The minimum atomic E-state index is -3.37. The van der Waals surface area contributed by atoms with Crippen molar-refractivity contribution in [1.82, 2.24) is 14.9 Å². The lowest BCUT2D eigenvalue weighted by Gasteiger charge is -2.25. The average Bonchev–Trinajstić information content (AvgIpc) is 2.89. The number of hydrogen-bond donors (Lipinski definition) is 2. The molecule has 1 heterocycles. The van der Waals surface area contributed by atoms with Crippen molar-refractivity contribution in [1.29, 1.82) is 0 Å². The molecule has 0 bridgehead atoms. The van der Waals surface area contributed by atoms with Gasteiger partial charge < -0.3 is 10.2 Å². The Labute approximate surface area is 136 Å². The molecule has 1 saturated heterocycles. The van der Waals surface area contributed by atoms with E-state index >= 15 is 0 Å². The van der Waals surface area contributed by atoms with Crippen molar-refractivity contribution in [2.45, 2.75) is 19.4 Å². The Morgan fingerprint density at radius 3 is 2.74 bits per heavy atom. The van der Waals surface area contributed by atoms with E-state index < -0.39 is 10.0 Å². The minimum absolute atomic E-state index is 0.0108. The van der Waals surface area contributed by atoms with Gasteiger partial charge in [-0.05, 0) is 25.5 Å². The zero-order valence-electron chi connectivity index (χ0n) is 13.3. The summed E-state index contributed by atoms with van der Waals surface area (Å²) < 4.78 is 38.9. The SMILES string of the molecule is CNS(=O)(=O)CCNC(=O)N1C[C@@H](C)C[C@H]1c1ccccc1F. The van der Waals surface area contributed by atoms with E-state index in [0.29, 0.717) is 18.5 Å². The normalized spacial score (nSPS) is 21.4. The van der Waals surface area contributed by atoms with Crippen molar-refractivity contribution < 1.29 is 17.6 Å². The van der Waals surface area contributed by atoms with Gasteiger partial charge >= 0.3 is 6.03 Å². The number of likely N-dealkylation sites (tertiary alicyclic amines) is 1. The molecule has 6 nitrogen and oxygen atoms in total. The Morgan fingerprint density at radius 1 is 1.39 bits per heavy atom. The third-order valence-electron chi connectivity index (χ3n) is 3.99. The van der Waals surface area contributed by atoms with Gasteiger partial charge in [0.2, 0.25) is 10.0 Å². The van der Waals surface area contributed by atoms with Crippen LogP contribution in [0.3, 0.4) is 0 Å². The highest BCUT2D eigenvalue weighted by molar-refractivity contribution is 7.89. The maximum Gasteiger partial charge on any atom is 0.317 e. The molecule has 8 heteroatoms. The van der Waals surface area contributed by atoms with Gasteiger partial charge in [0.05, 0.1) is 11.8 Å². The second-order valence-electron chi connectivity index (χ2n) is 5.79. The first-order chi connectivity index (χ1) is 10.8. The number of carbonyl (C=O) groups is 1. The fourth-order valence-corrected chi connectivity index (χ4v) is 3.38. The maximum atomic E-state index is 14.0. The van der Waals surface area contributed by atoms with E-state index in [0.717, 1.165) is 0 Å². The predicted octanol–water partition coefficient (Wildman–Crippen LogP) is 1.47. The number of rotatable bonds is 5. The van der Waals surface area contributed by atoms with E-state index in [2.05, 4.69) is 10.0 Å². The smallest absolute Gasteiger partial charge is 0.317 e. The fraction of sp³-hybridized carbons (Fsp3) is 0.533. The van der Waals surface area contributed by atoms with E-state index in [4.69, 9.17) is 0 Å². The molecule has 128 valence electrons. The molecule has 1 aromatic rings. The van der Waals surface area contributed by atoms with Gasteiger partial charge in [-0.2, -0.15) is 0 Å². The number of urea groups is 1. The van der Waals surface area contributed by atoms with Crippen molar-refractivity contribution in [2.75, 3.05) is 25.9 Å². The highest BCUT2D eigenvalue weighted by atomic mass is 32.2. The van der Waals surface area contributed by atoms with Crippen LogP contribution in [0, 0.1) is 11.7 Å². The van der Waals surface area contributed by atoms with Crippen LogP contribution in [0.4, 0.5) is 9.18 Å². The van der Waals surface area contributed by atoms with Crippen LogP contribution in [0.1, 0.15) is 24.9 Å². The molecule has 0 saturated carbocycles. The molecule has 23 heavy (non-hydrogen) atoms. The van der Waals surface area contributed by atoms with Gasteiger partial charge in [0.15, 0.2) is 0 Å². The van der Waals surface area contributed by atoms with Crippen LogP contribution < -0.4 is 10.0 Å². The molecular formula is C15H22FN3O3S. The summed E-state index contributed by atoms with van der Waals surface area (Å²) in [6.07, 6.45) is 0.684. The van der Waals surface area contributed by atoms with Gasteiger partial charge in [-0.3, -0.25) is 0 Å². The molecule has 2 rings (SSSR count). The minimum Gasteiger partial charge on any atom is -0.337 e. The quantitative estimate of drug-likeness (QED) is 0.850. The summed E-state index contributed by atoms with van der Waals surface area (Å²) in [5, 5.41) is 2.60. The largest absolute Gasteiger partial charge is 0.337 e. The average molecular weight is 343 g/mol. The Balaban J connectivity index is 2.05. The molecule has 1 aliphatic heterocycles. The van der Waals surface area contributed by atoms with E-state index in [1.165, 1.54) is 13.1 Å². The molecule has 1 fully saturated rings. The van der Waals surface area contributed by atoms with Crippen molar-refractivity contribution in [2.24, 2.45) is 5.92 Å². The predicted molar refractivity (Wildman–Crippen MR) is 85.9 cm³/mol. The van der Waals surface area contributed by atoms with Crippen molar-refractivity contribution in [3.8, 4) is 0 Å². The molecule has 0 radical (unpaired) electrons. The first kappa shape index (κ1) is 17.7. The second kappa shape index (κ2) is 7.27. The van der Waals surface area contributed by atoms with Gasteiger partial charge in [-0.25, -0.2) is 22.3 Å².